The number of carbonyl (C=O) groups excluding carboxylic acids is 1. The van der Waals surface area contributed by atoms with Gasteiger partial charge in [0.15, 0.2) is 0 Å². The third kappa shape index (κ3) is 7.23. The molecule has 31 heavy (non-hydrogen) atoms. The number of carbonyl (C=O) groups is 1. The fourth-order valence-electron chi connectivity index (χ4n) is 2.50. The van der Waals surface area contributed by atoms with Gasteiger partial charge in [0.1, 0.15) is 12.4 Å². The Morgan fingerprint density at radius 3 is 2.35 bits per heavy atom. The Hall–Kier alpha value is -3.72. The number of ether oxygens (including phenoxy) is 1. The number of anilines is 1. The Balaban J connectivity index is 1.41. The minimum atomic E-state index is -0.438. The number of benzene rings is 3. The molecule has 3 aromatic rings. The normalized spacial score (nSPS) is 10.6. The van der Waals surface area contributed by atoms with Gasteiger partial charge in [-0.2, -0.15) is 5.10 Å². The second-order valence-corrected chi connectivity index (χ2v) is 7.35. The lowest BCUT2D eigenvalue weighted by Gasteiger charge is -2.06. The van der Waals surface area contributed by atoms with Crippen LogP contribution in [0.3, 0.4) is 0 Å². The maximum absolute atomic E-state index is 11.9. The lowest BCUT2D eigenvalue weighted by Crippen LogP contribution is -2.25. The van der Waals surface area contributed by atoms with Gasteiger partial charge in [0.2, 0.25) is 0 Å². The minimum absolute atomic E-state index is 0.0450. The zero-order valence-corrected chi connectivity index (χ0v) is 17.9. The van der Waals surface area contributed by atoms with E-state index < -0.39 is 4.92 Å². The molecule has 0 heterocycles. The molecule has 0 fully saturated rings. The maximum Gasteiger partial charge on any atom is 0.269 e. The molecular formula is C22H19BrN4O4. The number of nitro benzene ring substituents is 1. The summed E-state index contributed by atoms with van der Waals surface area (Å²) in [6.07, 6.45) is 1.54. The highest BCUT2D eigenvalue weighted by atomic mass is 79.9. The Morgan fingerprint density at radius 1 is 1.03 bits per heavy atom. The Labute approximate surface area is 187 Å². The highest BCUT2D eigenvalue weighted by molar-refractivity contribution is 9.10. The average molecular weight is 483 g/mol. The van der Waals surface area contributed by atoms with Gasteiger partial charge in [0, 0.05) is 22.3 Å². The van der Waals surface area contributed by atoms with Gasteiger partial charge in [-0.3, -0.25) is 14.9 Å². The van der Waals surface area contributed by atoms with Gasteiger partial charge in [-0.05, 0) is 71.8 Å². The SMILES string of the molecule is O=C(CNc1ccc(Br)cc1)N/N=C\c1ccc(OCc2ccc([N+](=O)[O-])cc2)cc1. The molecule has 158 valence electrons. The minimum Gasteiger partial charge on any atom is -0.489 e. The predicted molar refractivity (Wildman–Crippen MR) is 122 cm³/mol. The second-order valence-electron chi connectivity index (χ2n) is 6.43. The van der Waals surface area contributed by atoms with E-state index in [0.29, 0.717) is 12.4 Å². The number of rotatable bonds is 9. The molecule has 0 aromatic heterocycles. The first kappa shape index (κ1) is 22.0. The van der Waals surface area contributed by atoms with Gasteiger partial charge in [-0.25, -0.2) is 5.43 Å². The third-order valence-corrected chi connectivity index (χ3v) is 4.66. The molecule has 0 atom stereocenters. The summed E-state index contributed by atoms with van der Waals surface area (Å²) in [5, 5.41) is 17.6. The molecule has 9 heteroatoms. The lowest BCUT2D eigenvalue weighted by molar-refractivity contribution is -0.384. The van der Waals surface area contributed by atoms with E-state index in [1.165, 1.54) is 18.3 Å². The largest absolute Gasteiger partial charge is 0.489 e. The monoisotopic (exact) mass is 482 g/mol. The number of halogens is 1. The van der Waals surface area contributed by atoms with E-state index in [9.17, 15) is 14.9 Å². The van der Waals surface area contributed by atoms with Crippen molar-refractivity contribution in [2.45, 2.75) is 6.61 Å². The van der Waals surface area contributed by atoms with Crippen LogP contribution in [0, 0.1) is 10.1 Å². The number of hydrogen-bond acceptors (Lipinski definition) is 6. The molecule has 0 radical (unpaired) electrons. The summed E-state index contributed by atoms with van der Waals surface area (Å²) in [7, 11) is 0. The molecule has 3 rings (SSSR count). The summed E-state index contributed by atoms with van der Waals surface area (Å²) in [6, 6.07) is 20.9. The fraction of sp³-hybridized carbons (Fsp3) is 0.0909. The van der Waals surface area contributed by atoms with Crippen molar-refractivity contribution in [1.29, 1.82) is 0 Å². The molecule has 3 aromatic carbocycles. The number of nitro groups is 1. The lowest BCUT2D eigenvalue weighted by atomic mass is 10.2. The molecule has 1 amide bonds. The number of nitrogens with zero attached hydrogens (tertiary/aromatic N) is 2. The van der Waals surface area contributed by atoms with Gasteiger partial charge in [-0.15, -0.1) is 0 Å². The van der Waals surface area contributed by atoms with Crippen LogP contribution in [0.15, 0.2) is 82.4 Å². The Morgan fingerprint density at radius 2 is 1.71 bits per heavy atom. The highest BCUT2D eigenvalue weighted by Crippen LogP contribution is 2.16. The summed E-state index contributed by atoms with van der Waals surface area (Å²) >= 11 is 3.36. The van der Waals surface area contributed by atoms with E-state index in [4.69, 9.17) is 4.74 Å². The number of non-ortho nitro benzene ring substituents is 1. The van der Waals surface area contributed by atoms with Crippen LogP contribution in [0.5, 0.6) is 5.75 Å². The average Bonchev–Trinajstić information content (AvgIpc) is 2.78. The van der Waals surface area contributed by atoms with Crippen molar-refractivity contribution in [1.82, 2.24) is 5.43 Å². The standard InChI is InChI=1S/C22H19BrN4O4/c23-18-5-7-19(8-6-18)24-14-22(28)26-25-13-16-3-11-21(12-4-16)31-15-17-1-9-20(10-2-17)27(29)30/h1-13,24H,14-15H2,(H,26,28)/b25-13-. The van der Waals surface area contributed by atoms with Gasteiger partial charge in [0.05, 0.1) is 17.7 Å². The number of hydrazone groups is 1. The molecular weight excluding hydrogens is 464 g/mol. The first-order valence-electron chi connectivity index (χ1n) is 9.27. The molecule has 0 aliphatic carbocycles. The number of hydrogen-bond donors (Lipinski definition) is 2. The van der Waals surface area contributed by atoms with E-state index >= 15 is 0 Å². The van der Waals surface area contributed by atoms with Crippen molar-refractivity contribution in [3.8, 4) is 5.75 Å². The summed E-state index contributed by atoms with van der Waals surface area (Å²) in [6.45, 7) is 0.404. The summed E-state index contributed by atoms with van der Waals surface area (Å²) in [4.78, 5) is 22.1. The predicted octanol–water partition coefficient (Wildman–Crippen LogP) is 4.50. The van der Waals surface area contributed by atoms with Crippen LogP contribution in [-0.4, -0.2) is 23.6 Å². The molecule has 2 N–H and O–H groups in total. The van der Waals surface area contributed by atoms with E-state index in [0.717, 1.165) is 21.3 Å². The Kier molecular flexibility index (Phi) is 7.72. The molecule has 0 aliphatic rings. The summed E-state index contributed by atoms with van der Waals surface area (Å²) in [5.41, 5.74) is 4.98. The van der Waals surface area contributed by atoms with E-state index in [2.05, 4.69) is 31.8 Å². The summed E-state index contributed by atoms with van der Waals surface area (Å²) in [5.74, 6) is 0.389. The van der Waals surface area contributed by atoms with Gasteiger partial charge < -0.3 is 10.1 Å². The van der Waals surface area contributed by atoms with Crippen LogP contribution >= 0.6 is 15.9 Å². The van der Waals surface area contributed by atoms with Crippen LogP contribution in [0.25, 0.3) is 0 Å². The van der Waals surface area contributed by atoms with E-state index in [-0.39, 0.29) is 18.1 Å². The van der Waals surface area contributed by atoms with E-state index in [1.54, 1.807) is 36.4 Å². The van der Waals surface area contributed by atoms with E-state index in [1.807, 2.05) is 24.3 Å². The fourth-order valence-corrected chi connectivity index (χ4v) is 2.76. The van der Waals surface area contributed by atoms with Gasteiger partial charge in [-0.1, -0.05) is 15.9 Å². The molecule has 0 aliphatic heterocycles. The first-order valence-corrected chi connectivity index (χ1v) is 10.1. The van der Waals surface area contributed by atoms with Crippen LogP contribution in [0.1, 0.15) is 11.1 Å². The van der Waals surface area contributed by atoms with Crippen molar-refractivity contribution in [3.05, 3.63) is 98.5 Å². The van der Waals surface area contributed by atoms with Crippen molar-refractivity contribution < 1.29 is 14.5 Å². The molecule has 0 unspecified atom stereocenters. The van der Waals surface area contributed by atoms with Crippen molar-refractivity contribution in [2.75, 3.05) is 11.9 Å². The van der Waals surface area contributed by atoms with Gasteiger partial charge in [0.25, 0.3) is 11.6 Å². The zero-order chi connectivity index (χ0) is 22.1. The van der Waals surface area contributed by atoms with Crippen LogP contribution < -0.4 is 15.5 Å². The van der Waals surface area contributed by atoms with Gasteiger partial charge >= 0.3 is 0 Å². The molecule has 0 saturated heterocycles. The zero-order valence-electron chi connectivity index (χ0n) is 16.3. The van der Waals surface area contributed by atoms with Crippen molar-refractivity contribution in [3.63, 3.8) is 0 Å². The molecule has 0 spiro atoms. The summed E-state index contributed by atoms with van der Waals surface area (Å²) < 4.78 is 6.64. The first-order chi connectivity index (χ1) is 15.0. The molecule has 8 nitrogen and oxygen atoms in total. The Bertz CT molecular complexity index is 1050. The van der Waals surface area contributed by atoms with Crippen molar-refractivity contribution >= 4 is 39.4 Å². The molecule has 0 saturated carbocycles. The molecule has 0 bridgehead atoms. The van der Waals surface area contributed by atoms with Crippen LogP contribution in [0.4, 0.5) is 11.4 Å². The van der Waals surface area contributed by atoms with Crippen molar-refractivity contribution in [2.24, 2.45) is 5.10 Å². The quantitative estimate of drug-likeness (QED) is 0.265. The number of nitrogens with one attached hydrogen (secondary N) is 2. The smallest absolute Gasteiger partial charge is 0.269 e. The second kappa shape index (κ2) is 10.9. The van der Waals surface area contributed by atoms with Crippen LogP contribution in [-0.2, 0) is 11.4 Å². The maximum atomic E-state index is 11.9. The van der Waals surface area contributed by atoms with Crippen LogP contribution in [0.2, 0.25) is 0 Å². The highest BCUT2D eigenvalue weighted by Gasteiger charge is 2.04. The number of amides is 1. The topological polar surface area (TPSA) is 106 Å². The third-order valence-electron chi connectivity index (χ3n) is 4.13.